The summed E-state index contributed by atoms with van der Waals surface area (Å²) < 4.78 is 4.90. The number of carbonyl (C=O) groups excluding carboxylic acids is 1. The Bertz CT molecular complexity index is 584. The fourth-order valence-electron chi connectivity index (χ4n) is 1.74. The number of hydrogen-bond donors (Lipinski definition) is 3. The number of aryl methyl sites for hydroxylation is 1. The van der Waals surface area contributed by atoms with Crippen LogP contribution in [0.25, 0.3) is 0 Å². The third-order valence-electron chi connectivity index (χ3n) is 2.71. The molecule has 2 aromatic carbocycles. The monoisotopic (exact) mass is 274 g/mol. The first-order valence-corrected chi connectivity index (χ1v) is 6.06. The topological polar surface area (TPSA) is 87.0 Å². The molecule has 0 aliphatic carbocycles. The molecule has 0 heterocycles. The summed E-state index contributed by atoms with van der Waals surface area (Å²) in [6, 6.07) is 11.4. The second kappa shape index (κ2) is 5.97. The van der Waals surface area contributed by atoms with Crippen LogP contribution >= 0.6 is 0 Å². The molecule has 0 atom stereocenters. The van der Waals surface area contributed by atoms with Gasteiger partial charge in [0.1, 0.15) is 5.75 Å². The van der Waals surface area contributed by atoms with E-state index in [-0.39, 0.29) is 17.9 Å². The molecule has 0 spiro atoms. The molecule has 0 saturated heterocycles. The summed E-state index contributed by atoms with van der Waals surface area (Å²) in [5.41, 5.74) is 0.989. The van der Waals surface area contributed by atoms with Crippen LogP contribution in [0.4, 0.5) is 0 Å². The Morgan fingerprint density at radius 1 is 1.00 bits per heavy atom. The maximum absolute atomic E-state index is 11.7. The van der Waals surface area contributed by atoms with Crippen LogP contribution in [0, 0.1) is 0 Å². The van der Waals surface area contributed by atoms with Crippen molar-refractivity contribution in [3.05, 3.63) is 48.0 Å². The van der Waals surface area contributed by atoms with Gasteiger partial charge in [0.2, 0.25) is 5.75 Å². The summed E-state index contributed by atoms with van der Waals surface area (Å²) in [5, 5.41) is 28.2. The summed E-state index contributed by atoms with van der Waals surface area (Å²) in [6.07, 6.45) is 0.614. The summed E-state index contributed by atoms with van der Waals surface area (Å²) in [4.78, 5) is 11.7. The second-order valence-electron chi connectivity index (χ2n) is 4.27. The number of rotatable bonds is 4. The van der Waals surface area contributed by atoms with Crippen LogP contribution in [0.15, 0.2) is 42.5 Å². The lowest BCUT2D eigenvalue weighted by atomic mass is 10.1. The Balaban J connectivity index is 1.98. The van der Waals surface area contributed by atoms with E-state index >= 15 is 0 Å². The zero-order valence-electron chi connectivity index (χ0n) is 10.6. The van der Waals surface area contributed by atoms with E-state index in [1.54, 1.807) is 0 Å². The smallest absolute Gasteiger partial charge is 0.311 e. The minimum atomic E-state index is -0.579. The Hall–Kier alpha value is -2.69. The molecule has 0 amide bonds. The highest BCUT2D eigenvalue weighted by Gasteiger charge is 2.15. The molecule has 0 aliphatic rings. The second-order valence-corrected chi connectivity index (χ2v) is 4.27. The van der Waals surface area contributed by atoms with E-state index in [0.29, 0.717) is 6.42 Å². The standard InChI is InChI=1S/C15H14O5/c16-11-8-12(17)15(13(18)9-11)20-14(19)7-6-10-4-2-1-3-5-10/h1-5,8-9,16-18H,6-7H2. The van der Waals surface area contributed by atoms with Crippen LogP contribution in [-0.2, 0) is 11.2 Å². The molecule has 0 aromatic heterocycles. The molecule has 5 heteroatoms. The van der Waals surface area contributed by atoms with Crippen LogP contribution in [0.1, 0.15) is 12.0 Å². The predicted molar refractivity (Wildman–Crippen MR) is 71.8 cm³/mol. The third-order valence-corrected chi connectivity index (χ3v) is 2.71. The Morgan fingerprint density at radius 3 is 2.20 bits per heavy atom. The largest absolute Gasteiger partial charge is 0.508 e. The molecule has 0 unspecified atom stereocenters. The average Bonchev–Trinajstić information content (AvgIpc) is 2.42. The lowest BCUT2D eigenvalue weighted by molar-refractivity contribution is -0.134. The molecule has 0 fully saturated rings. The normalized spacial score (nSPS) is 10.2. The van der Waals surface area contributed by atoms with Crippen LogP contribution in [0.2, 0.25) is 0 Å². The third kappa shape index (κ3) is 3.41. The first kappa shape index (κ1) is 13.7. The van der Waals surface area contributed by atoms with Gasteiger partial charge in [-0.05, 0) is 12.0 Å². The summed E-state index contributed by atoms with van der Waals surface area (Å²) >= 11 is 0. The molecular formula is C15H14O5. The highest BCUT2D eigenvalue weighted by Crippen LogP contribution is 2.39. The lowest BCUT2D eigenvalue weighted by Crippen LogP contribution is -2.09. The van der Waals surface area contributed by atoms with Gasteiger partial charge in [0, 0.05) is 18.6 Å². The Morgan fingerprint density at radius 2 is 1.60 bits per heavy atom. The van der Waals surface area contributed by atoms with Crippen molar-refractivity contribution in [3.63, 3.8) is 0 Å². The van der Waals surface area contributed by atoms with Crippen LogP contribution < -0.4 is 4.74 Å². The van der Waals surface area contributed by atoms with E-state index < -0.39 is 17.5 Å². The van der Waals surface area contributed by atoms with Gasteiger partial charge < -0.3 is 20.1 Å². The Kier molecular flexibility index (Phi) is 4.10. The summed E-state index contributed by atoms with van der Waals surface area (Å²) in [6.45, 7) is 0. The van der Waals surface area contributed by atoms with E-state index in [2.05, 4.69) is 0 Å². The van der Waals surface area contributed by atoms with Gasteiger partial charge in [-0.2, -0.15) is 0 Å². The van der Waals surface area contributed by atoms with Crippen molar-refractivity contribution in [2.45, 2.75) is 12.8 Å². The fraction of sp³-hybridized carbons (Fsp3) is 0.133. The number of esters is 1. The number of phenolic OH excluding ortho intramolecular Hbond substituents is 3. The van der Waals surface area contributed by atoms with Gasteiger partial charge in [-0.3, -0.25) is 4.79 Å². The van der Waals surface area contributed by atoms with Crippen molar-refractivity contribution in [1.29, 1.82) is 0 Å². The van der Waals surface area contributed by atoms with Gasteiger partial charge in [-0.15, -0.1) is 0 Å². The van der Waals surface area contributed by atoms with Crippen molar-refractivity contribution in [1.82, 2.24) is 0 Å². The molecule has 0 bridgehead atoms. The first-order valence-electron chi connectivity index (χ1n) is 6.06. The molecule has 0 aliphatic heterocycles. The molecule has 104 valence electrons. The Labute approximate surface area is 115 Å². The van der Waals surface area contributed by atoms with Crippen molar-refractivity contribution >= 4 is 5.97 Å². The minimum Gasteiger partial charge on any atom is -0.508 e. The van der Waals surface area contributed by atoms with Crippen molar-refractivity contribution in [2.24, 2.45) is 0 Å². The molecule has 0 radical (unpaired) electrons. The SMILES string of the molecule is O=C(CCc1ccccc1)Oc1c(O)cc(O)cc1O. The molecule has 20 heavy (non-hydrogen) atoms. The van der Waals surface area contributed by atoms with Crippen molar-refractivity contribution < 1.29 is 24.9 Å². The van der Waals surface area contributed by atoms with Crippen molar-refractivity contribution in [3.8, 4) is 23.0 Å². The number of carbonyl (C=O) groups is 1. The highest BCUT2D eigenvalue weighted by atomic mass is 16.5. The zero-order valence-corrected chi connectivity index (χ0v) is 10.6. The molecule has 2 rings (SSSR count). The van der Waals surface area contributed by atoms with Gasteiger partial charge in [-0.25, -0.2) is 0 Å². The van der Waals surface area contributed by atoms with E-state index in [0.717, 1.165) is 17.7 Å². The highest BCUT2D eigenvalue weighted by molar-refractivity contribution is 5.75. The maximum Gasteiger partial charge on any atom is 0.311 e. The van der Waals surface area contributed by atoms with Crippen molar-refractivity contribution in [2.75, 3.05) is 0 Å². The zero-order chi connectivity index (χ0) is 14.5. The average molecular weight is 274 g/mol. The molecule has 2 aromatic rings. The van der Waals surface area contributed by atoms with Gasteiger partial charge in [0.05, 0.1) is 0 Å². The van der Waals surface area contributed by atoms with Gasteiger partial charge in [-0.1, -0.05) is 30.3 Å². The van der Waals surface area contributed by atoms with Crippen LogP contribution in [0.3, 0.4) is 0 Å². The fourth-order valence-corrected chi connectivity index (χ4v) is 1.74. The first-order chi connectivity index (χ1) is 9.56. The van der Waals surface area contributed by atoms with E-state index in [9.17, 15) is 15.0 Å². The summed E-state index contributed by atoms with van der Waals surface area (Å²) in [5.74, 6) is -2.22. The van der Waals surface area contributed by atoms with Crippen LogP contribution in [0.5, 0.6) is 23.0 Å². The van der Waals surface area contributed by atoms with E-state index in [1.165, 1.54) is 0 Å². The minimum absolute atomic E-state index is 0.115. The predicted octanol–water partition coefficient (Wildman–Crippen LogP) is 2.34. The number of benzene rings is 2. The van der Waals surface area contributed by atoms with E-state index in [1.807, 2.05) is 30.3 Å². The quantitative estimate of drug-likeness (QED) is 0.588. The number of aromatic hydroxyl groups is 3. The molecule has 0 saturated carbocycles. The van der Waals surface area contributed by atoms with Crippen LogP contribution in [-0.4, -0.2) is 21.3 Å². The summed E-state index contributed by atoms with van der Waals surface area (Å²) in [7, 11) is 0. The number of phenols is 3. The molecular weight excluding hydrogens is 260 g/mol. The van der Waals surface area contributed by atoms with E-state index in [4.69, 9.17) is 9.84 Å². The maximum atomic E-state index is 11.7. The number of ether oxygens (including phenoxy) is 1. The molecule has 5 nitrogen and oxygen atoms in total. The lowest BCUT2D eigenvalue weighted by Gasteiger charge is -2.08. The van der Waals surface area contributed by atoms with Gasteiger partial charge >= 0.3 is 5.97 Å². The van der Waals surface area contributed by atoms with Gasteiger partial charge in [0.15, 0.2) is 11.5 Å². The van der Waals surface area contributed by atoms with Gasteiger partial charge in [0.25, 0.3) is 0 Å². The molecule has 3 N–H and O–H groups in total. The number of hydrogen-bond acceptors (Lipinski definition) is 5.